The highest BCUT2D eigenvalue weighted by Gasteiger charge is 2.45. The molecule has 3 rings (SSSR count). The third-order valence-corrected chi connectivity index (χ3v) is 4.21. The predicted octanol–water partition coefficient (Wildman–Crippen LogP) is 3.06. The van der Waals surface area contributed by atoms with E-state index < -0.39 is 29.5 Å². The summed E-state index contributed by atoms with van der Waals surface area (Å²) in [7, 11) is 0. The minimum atomic E-state index is -0.961. The van der Waals surface area contributed by atoms with Crippen molar-refractivity contribution >= 4 is 5.91 Å². The van der Waals surface area contributed by atoms with Crippen molar-refractivity contribution in [1.82, 2.24) is 5.32 Å². The summed E-state index contributed by atoms with van der Waals surface area (Å²) in [6.07, 6.45) is -0.517. The van der Waals surface area contributed by atoms with Crippen molar-refractivity contribution in [2.45, 2.75) is 18.4 Å². The van der Waals surface area contributed by atoms with Crippen LogP contribution in [-0.4, -0.2) is 17.6 Å². The van der Waals surface area contributed by atoms with E-state index in [0.29, 0.717) is 12.0 Å². The molecule has 3 unspecified atom stereocenters. The molecule has 24 heavy (non-hydrogen) atoms. The molecule has 6 heteroatoms. The van der Waals surface area contributed by atoms with Gasteiger partial charge in [0.1, 0.15) is 17.5 Å². The fourth-order valence-corrected chi connectivity index (χ4v) is 2.76. The molecule has 2 aromatic carbocycles. The first-order chi connectivity index (χ1) is 11.5. The van der Waals surface area contributed by atoms with E-state index in [1.54, 1.807) is 0 Å². The topological polar surface area (TPSA) is 49.3 Å². The largest absolute Gasteiger partial charge is 0.387 e. The van der Waals surface area contributed by atoms with Crippen molar-refractivity contribution in [2.75, 3.05) is 6.54 Å². The Morgan fingerprint density at radius 2 is 1.79 bits per heavy atom. The molecule has 0 heterocycles. The second-order valence-corrected chi connectivity index (χ2v) is 5.93. The highest BCUT2D eigenvalue weighted by Crippen LogP contribution is 2.48. The van der Waals surface area contributed by atoms with E-state index in [1.807, 2.05) is 0 Å². The SMILES string of the molecule is O=C(NCC(O)c1ccc(F)cc1)C1CC1c1cc(F)ccc1F. The summed E-state index contributed by atoms with van der Waals surface area (Å²) in [5.74, 6) is -2.56. The summed E-state index contributed by atoms with van der Waals surface area (Å²) in [5.41, 5.74) is 0.689. The van der Waals surface area contributed by atoms with Gasteiger partial charge in [-0.3, -0.25) is 4.79 Å². The van der Waals surface area contributed by atoms with Gasteiger partial charge >= 0.3 is 0 Å². The highest BCUT2D eigenvalue weighted by molar-refractivity contribution is 5.82. The standard InChI is InChI=1S/C18H16F3NO2/c19-11-3-1-10(2-4-11)17(23)9-22-18(24)15-8-13(15)14-7-12(20)5-6-16(14)21/h1-7,13,15,17,23H,8-9H2,(H,22,24). The number of benzene rings is 2. The van der Waals surface area contributed by atoms with E-state index in [0.717, 1.165) is 18.2 Å². The predicted molar refractivity (Wildman–Crippen MR) is 81.6 cm³/mol. The monoisotopic (exact) mass is 335 g/mol. The molecule has 3 nitrogen and oxygen atoms in total. The maximum absolute atomic E-state index is 13.7. The molecular formula is C18H16F3NO2. The molecule has 0 aliphatic heterocycles. The summed E-state index contributed by atoms with van der Waals surface area (Å²) in [6, 6.07) is 8.53. The van der Waals surface area contributed by atoms with Gasteiger partial charge in [0.05, 0.1) is 6.10 Å². The second-order valence-electron chi connectivity index (χ2n) is 5.93. The van der Waals surface area contributed by atoms with Gasteiger partial charge in [0, 0.05) is 12.5 Å². The molecule has 0 saturated heterocycles. The molecule has 1 amide bonds. The average molecular weight is 335 g/mol. The van der Waals surface area contributed by atoms with E-state index in [4.69, 9.17) is 0 Å². The maximum Gasteiger partial charge on any atom is 0.223 e. The molecular weight excluding hydrogens is 319 g/mol. The average Bonchev–Trinajstić information content (AvgIpc) is 3.36. The number of nitrogens with one attached hydrogen (secondary N) is 1. The molecule has 0 aromatic heterocycles. The lowest BCUT2D eigenvalue weighted by Crippen LogP contribution is -2.30. The summed E-state index contributed by atoms with van der Waals surface area (Å²) >= 11 is 0. The lowest BCUT2D eigenvalue weighted by Gasteiger charge is -2.12. The number of carbonyl (C=O) groups excluding carboxylic acids is 1. The van der Waals surface area contributed by atoms with E-state index in [9.17, 15) is 23.1 Å². The van der Waals surface area contributed by atoms with Crippen LogP contribution in [0.4, 0.5) is 13.2 Å². The van der Waals surface area contributed by atoms with E-state index in [-0.39, 0.29) is 23.9 Å². The Bertz CT molecular complexity index is 748. The van der Waals surface area contributed by atoms with Crippen LogP contribution in [0, 0.1) is 23.4 Å². The molecule has 0 bridgehead atoms. The zero-order valence-electron chi connectivity index (χ0n) is 12.7. The molecule has 1 fully saturated rings. The number of halogens is 3. The normalized spacial score (nSPS) is 20.5. The van der Waals surface area contributed by atoms with Crippen LogP contribution < -0.4 is 5.32 Å². The number of hydrogen-bond acceptors (Lipinski definition) is 2. The van der Waals surface area contributed by atoms with Gasteiger partial charge in [0.2, 0.25) is 5.91 Å². The van der Waals surface area contributed by atoms with Crippen LogP contribution in [0.25, 0.3) is 0 Å². The van der Waals surface area contributed by atoms with Crippen LogP contribution in [-0.2, 0) is 4.79 Å². The fraction of sp³-hybridized carbons (Fsp3) is 0.278. The number of hydrogen-bond donors (Lipinski definition) is 2. The van der Waals surface area contributed by atoms with Crippen LogP contribution in [0.5, 0.6) is 0 Å². The number of aliphatic hydroxyl groups is 1. The molecule has 0 radical (unpaired) electrons. The van der Waals surface area contributed by atoms with Crippen molar-refractivity contribution in [1.29, 1.82) is 0 Å². The van der Waals surface area contributed by atoms with E-state index >= 15 is 0 Å². The van der Waals surface area contributed by atoms with Gasteiger partial charge in [-0.2, -0.15) is 0 Å². The smallest absolute Gasteiger partial charge is 0.223 e. The fourth-order valence-electron chi connectivity index (χ4n) is 2.76. The zero-order valence-corrected chi connectivity index (χ0v) is 12.7. The number of rotatable bonds is 5. The van der Waals surface area contributed by atoms with Crippen LogP contribution in [0.3, 0.4) is 0 Å². The molecule has 126 valence electrons. The third-order valence-electron chi connectivity index (χ3n) is 4.21. The second kappa shape index (κ2) is 6.65. The summed E-state index contributed by atoms with van der Waals surface area (Å²) < 4.78 is 39.7. The van der Waals surface area contributed by atoms with Crippen molar-refractivity contribution in [3.05, 3.63) is 71.0 Å². The summed E-state index contributed by atoms with van der Waals surface area (Å²) in [6.45, 7) is -0.0285. The Kier molecular flexibility index (Phi) is 4.57. The first kappa shape index (κ1) is 16.5. The molecule has 2 N–H and O–H groups in total. The van der Waals surface area contributed by atoms with Gasteiger partial charge in [0.25, 0.3) is 0 Å². The minimum absolute atomic E-state index is 0.0285. The molecule has 1 saturated carbocycles. The Balaban J connectivity index is 1.55. The van der Waals surface area contributed by atoms with Crippen LogP contribution in [0.1, 0.15) is 29.6 Å². The molecule has 3 atom stereocenters. The quantitative estimate of drug-likeness (QED) is 0.882. The molecule has 0 spiro atoms. The highest BCUT2D eigenvalue weighted by atomic mass is 19.1. The van der Waals surface area contributed by atoms with Gasteiger partial charge in [0.15, 0.2) is 0 Å². The van der Waals surface area contributed by atoms with Crippen LogP contribution in [0.2, 0.25) is 0 Å². The summed E-state index contributed by atoms with van der Waals surface area (Å²) in [4.78, 5) is 12.1. The first-order valence-electron chi connectivity index (χ1n) is 7.62. The van der Waals surface area contributed by atoms with Gasteiger partial charge in [-0.25, -0.2) is 13.2 Å². The Labute approximate surface area is 137 Å². The van der Waals surface area contributed by atoms with Gasteiger partial charge in [-0.1, -0.05) is 12.1 Å². The Hall–Kier alpha value is -2.34. The van der Waals surface area contributed by atoms with Crippen molar-refractivity contribution < 1.29 is 23.1 Å². The molecule has 1 aliphatic carbocycles. The van der Waals surface area contributed by atoms with Crippen molar-refractivity contribution in [3.8, 4) is 0 Å². The Morgan fingerprint density at radius 1 is 1.12 bits per heavy atom. The van der Waals surface area contributed by atoms with Crippen molar-refractivity contribution in [3.63, 3.8) is 0 Å². The molecule has 1 aliphatic rings. The lowest BCUT2D eigenvalue weighted by molar-refractivity contribution is -0.122. The van der Waals surface area contributed by atoms with E-state index in [1.165, 1.54) is 24.3 Å². The van der Waals surface area contributed by atoms with Gasteiger partial charge in [-0.15, -0.1) is 0 Å². The lowest BCUT2D eigenvalue weighted by atomic mass is 10.1. The summed E-state index contributed by atoms with van der Waals surface area (Å²) in [5, 5.41) is 12.6. The number of amides is 1. The number of aliphatic hydroxyl groups excluding tert-OH is 1. The van der Waals surface area contributed by atoms with Crippen LogP contribution >= 0.6 is 0 Å². The number of carbonyl (C=O) groups is 1. The minimum Gasteiger partial charge on any atom is -0.387 e. The zero-order chi connectivity index (χ0) is 17.3. The maximum atomic E-state index is 13.7. The first-order valence-corrected chi connectivity index (χ1v) is 7.62. The Morgan fingerprint density at radius 3 is 2.50 bits per heavy atom. The van der Waals surface area contributed by atoms with Crippen LogP contribution in [0.15, 0.2) is 42.5 Å². The van der Waals surface area contributed by atoms with Crippen molar-refractivity contribution in [2.24, 2.45) is 5.92 Å². The van der Waals surface area contributed by atoms with Gasteiger partial charge in [-0.05, 0) is 53.8 Å². The molecule has 2 aromatic rings. The third kappa shape index (κ3) is 3.59. The van der Waals surface area contributed by atoms with E-state index in [2.05, 4.69) is 5.32 Å². The van der Waals surface area contributed by atoms with Gasteiger partial charge < -0.3 is 10.4 Å².